The van der Waals surface area contributed by atoms with Gasteiger partial charge in [-0.25, -0.2) is 0 Å². The highest BCUT2D eigenvalue weighted by molar-refractivity contribution is 7.08. The highest BCUT2D eigenvalue weighted by Gasteiger charge is 2.29. The number of alkyl halides is 1. The van der Waals surface area contributed by atoms with E-state index in [4.69, 9.17) is 11.6 Å². The number of hydrogen-bond donors (Lipinski definition) is 1. The molecule has 1 aromatic heterocycles. The predicted molar refractivity (Wildman–Crippen MR) is 59.0 cm³/mol. The number of amides is 1. The minimum Gasteiger partial charge on any atom is -0.351 e. The lowest BCUT2D eigenvalue weighted by molar-refractivity contribution is 0.0953. The Morgan fingerprint density at radius 2 is 2.50 bits per heavy atom. The van der Waals surface area contributed by atoms with Crippen molar-refractivity contribution in [1.82, 2.24) is 5.32 Å². The van der Waals surface area contributed by atoms with E-state index in [2.05, 4.69) is 5.32 Å². The molecular formula is C10H12ClNOS. The van der Waals surface area contributed by atoms with E-state index in [1.165, 1.54) is 24.2 Å². The fourth-order valence-electron chi connectivity index (χ4n) is 1.31. The van der Waals surface area contributed by atoms with Gasteiger partial charge in [-0.2, -0.15) is 11.3 Å². The fraction of sp³-hybridized carbons (Fsp3) is 0.500. The number of carbonyl (C=O) groups is 1. The van der Waals surface area contributed by atoms with Gasteiger partial charge in [0.15, 0.2) is 0 Å². The second-order valence-corrected chi connectivity index (χ2v) is 4.92. The van der Waals surface area contributed by atoms with Crippen LogP contribution in [0.25, 0.3) is 0 Å². The molecule has 0 aromatic carbocycles. The summed E-state index contributed by atoms with van der Waals surface area (Å²) in [5.41, 5.74) is 0.731. The Kier molecular flexibility index (Phi) is 3.08. The van der Waals surface area contributed by atoms with Gasteiger partial charge >= 0.3 is 0 Å². The van der Waals surface area contributed by atoms with Crippen LogP contribution in [0.15, 0.2) is 16.8 Å². The standard InChI is InChI=1S/C10H12ClNOS/c11-9(7-1-2-7)5-12-10(13)8-3-4-14-6-8/h3-4,6-7,9H,1-2,5H2,(H,12,13). The summed E-state index contributed by atoms with van der Waals surface area (Å²) in [4.78, 5) is 11.5. The van der Waals surface area contributed by atoms with Gasteiger partial charge in [-0.15, -0.1) is 11.6 Å². The Bertz CT molecular complexity index is 308. The van der Waals surface area contributed by atoms with Crippen molar-refractivity contribution in [2.75, 3.05) is 6.54 Å². The van der Waals surface area contributed by atoms with Crippen LogP contribution in [-0.2, 0) is 0 Å². The number of hydrogen-bond acceptors (Lipinski definition) is 2. The van der Waals surface area contributed by atoms with Gasteiger partial charge in [0.1, 0.15) is 0 Å². The van der Waals surface area contributed by atoms with Crippen molar-refractivity contribution < 1.29 is 4.79 Å². The maximum absolute atomic E-state index is 11.5. The first-order valence-electron chi connectivity index (χ1n) is 4.72. The van der Waals surface area contributed by atoms with Gasteiger partial charge < -0.3 is 5.32 Å². The minimum atomic E-state index is -0.0162. The highest BCUT2D eigenvalue weighted by Crippen LogP contribution is 2.35. The molecule has 1 aliphatic rings. The van der Waals surface area contributed by atoms with Crippen LogP contribution in [0.4, 0.5) is 0 Å². The van der Waals surface area contributed by atoms with Gasteiger partial charge in [0.25, 0.3) is 5.91 Å². The summed E-state index contributed by atoms with van der Waals surface area (Å²) in [6, 6.07) is 1.82. The van der Waals surface area contributed by atoms with Gasteiger partial charge in [-0.05, 0) is 30.2 Å². The molecule has 1 atom stereocenters. The Hall–Kier alpha value is -0.540. The van der Waals surface area contributed by atoms with Crippen LogP contribution in [0.5, 0.6) is 0 Å². The van der Waals surface area contributed by atoms with Crippen molar-refractivity contribution in [2.45, 2.75) is 18.2 Å². The lowest BCUT2D eigenvalue weighted by atomic mass is 10.2. The SMILES string of the molecule is O=C(NCC(Cl)C1CC1)c1ccsc1. The number of thiophene rings is 1. The third-order valence-corrected chi connectivity index (χ3v) is 3.57. The molecule has 1 N–H and O–H groups in total. The van der Waals surface area contributed by atoms with E-state index in [1.54, 1.807) is 0 Å². The first kappa shape index (κ1) is 9.99. The van der Waals surface area contributed by atoms with Crippen molar-refractivity contribution in [3.05, 3.63) is 22.4 Å². The number of carbonyl (C=O) groups excluding carboxylic acids is 1. The zero-order valence-corrected chi connectivity index (χ0v) is 9.27. The Morgan fingerprint density at radius 1 is 1.71 bits per heavy atom. The number of rotatable bonds is 4. The molecule has 14 heavy (non-hydrogen) atoms. The highest BCUT2D eigenvalue weighted by atomic mass is 35.5. The van der Waals surface area contributed by atoms with E-state index >= 15 is 0 Å². The smallest absolute Gasteiger partial charge is 0.252 e. The first-order chi connectivity index (χ1) is 6.77. The average molecular weight is 230 g/mol. The minimum absolute atomic E-state index is 0.0162. The summed E-state index contributed by atoms with van der Waals surface area (Å²) in [6.07, 6.45) is 2.42. The van der Waals surface area contributed by atoms with Crippen molar-refractivity contribution in [3.8, 4) is 0 Å². The Balaban J connectivity index is 1.77. The van der Waals surface area contributed by atoms with Crippen LogP contribution < -0.4 is 5.32 Å². The Morgan fingerprint density at radius 3 is 3.07 bits per heavy atom. The van der Waals surface area contributed by atoms with Crippen LogP contribution >= 0.6 is 22.9 Å². The summed E-state index contributed by atoms with van der Waals surface area (Å²) < 4.78 is 0. The molecule has 1 unspecified atom stereocenters. The molecule has 1 aliphatic carbocycles. The average Bonchev–Trinajstić information content (AvgIpc) is 2.90. The van der Waals surface area contributed by atoms with Crippen molar-refractivity contribution in [2.24, 2.45) is 5.92 Å². The first-order valence-corrected chi connectivity index (χ1v) is 6.10. The maximum Gasteiger partial charge on any atom is 0.252 e. The molecule has 1 fully saturated rings. The molecule has 1 amide bonds. The van der Waals surface area contributed by atoms with E-state index in [0.717, 1.165) is 5.56 Å². The topological polar surface area (TPSA) is 29.1 Å². The largest absolute Gasteiger partial charge is 0.351 e. The monoisotopic (exact) mass is 229 g/mol. The van der Waals surface area contributed by atoms with E-state index in [-0.39, 0.29) is 11.3 Å². The zero-order valence-electron chi connectivity index (χ0n) is 7.70. The van der Waals surface area contributed by atoms with Gasteiger partial charge in [0, 0.05) is 17.5 Å². The molecule has 1 saturated carbocycles. The summed E-state index contributed by atoms with van der Waals surface area (Å²) in [6.45, 7) is 0.584. The molecule has 0 spiro atoms. The molecule has 0 saturated heterocycles. The van der Waals surface area contributed by atoms with Gasteiger partial charge in [-0.3, -0.25) is 4.79 Å². The van der Waals surface area contributed by atoms with E-state index in [0.29, 0.717) is 12.5 Å². The van der Waals surface area contributed by atoms with Crippen LogP contribution in [0, 0.1) is 5.92 Å². The predicted octanol–water partition coefficient (Wildman–Crippen LogP) is 2.50. The quantitative estimate of drug-likeness (QED) is 0.790. The van der Waals surface area contributed by atoms with Crippen molar-refractivity contribution >= 4 is 28.8 Å². The fourth-order valence-corrected chi connectivity index (χ4v) is 2.28. The van der Waals surface area contributed by atoms with Crippen LogP contribution in [0.1, 0.15) is 23.2 Å². The third-order valence-electron chi connectivity index (χ3n) is 2.37. The maximum atomic E-state index is 11.5. The van der Waals surface area contributed by atoms with Crippen LogP contribution in [0.2, 0.25) is 0 Å². The lowest BCUT2D eigenvalue weighted by Crippen LogP contribution is -2.30. The zero-order chi connectivity index (χ0) is 9.97. The molecule has 0 radical (unpaired) electrons. The second kappa shape index (κ2) is 4.32. The van der Waals surface area contributed by atoms with Crippen LogP contribution in [0.3, 0.4) is 0 Å². The number of nitrogens with one attached hydrogen (secondary N) is 1. The van der Waals surface area contributed by atoms with E-state index in [9.17, 15) is 4.79 Å². The van der Waals surface area contributed by atoms with Crippen molar-refractivity contribution in [3.63, 3.8) is 0 Å². The summed E-state index contributed by atoms with van der Waals surface area (Å²) in [5, 5.41) is 6.69. The van der Waals surface area contributed by atoms with Gasteiger partial charge in [-0.1, -0.05) is 0 Å². The molecule has 0 aliphatic heterocycles. The summed E-state index contributed by atoms with van der Waals surface area (Å²) >= 11 is 7.60. The third kappa shape index (κ3) is 2.49. The molecule has 4 heteroatoms. The van der Waals surface area contributed by atoms with E-state index in [1.807, 2.05) is 16.8 Å². The van der Waals surface area contributed by atoms with Gasteiger partial charge in [0.05, 0.1) is 5.38 Å². The summed E-state index contributed by atoms with van der Waals surface area (Å²) in [7, 11) is 0. The Labute approximate surface area is 92.3 Å². The molecule has 2 nitrogen and oxygen atoms in total. The summed E-state index contributed by atoms with van der Waals surface area (Å²) in [5.74, 6) is 0.608. The molecule has 0 bridgehead atoms. The van der Waals surface area contributed by atoms with Crippen molar-refractivity contribution in [1.29, 1.82) is 0 Å². The molecule has 1 heterocycles. The van der Waals surface area contributed by atoms with Crippen LogP contribution in [-0.4, -0.2) is 17.8 Å². The molecule has 1 aromatic rings. The number of halogens is 1. The normalized spacial score (nSPS) is 17.8. The second-order valence-electron chi connectivity index (χ2n) is 3.58. The van der Waals surface area contributed by atoms with Gasteiger partial charge in [0.2, 0.25) is 0 Å². The molecule has 76 valence electrons. The molecular weight excluding hydrogens is 218 g/mol. The van der Waals surface area contributed by atoms with E-state index < -0.39 is 0 Å². The lowest BCUT2D eigenvalue weighted by Gasteiger charge is -2.08. The molecule has 2 rings (SSSR count).